The number of aliphatic hydroxyl groups is 4. The molecule has 0 aromatic rings. The summed E-state index contributed by atoms with van der Waals surface area (Å²) in [6.07, 6.45) is 43.7. The molecule has 0 aromatic carbocycles. The second kappa shape index (κ2) is 56.4. The van der Waals surface area contributed by atoms with Gasteiger partial charge < -0.3 is 50.0 Å². The summed E-state index contributed by atoms with van der Waals surface area (Å²) in [6, 6.07) is 0. The van der Waals surface area contributed by atoms with E-state index in [0.717, 1.165) is 83.5 Å². The molecule has 15 nitrogen and oxygen atoms in total. The van der Waals surface area contributed by atoms with Crippen molar-refractivity contribution < 1.29 is 73.9 Å². The zero-order valence-electron chi connectivity index (χ0n) is 50.2. The van der Waals surface area contributed by atoms with Crippen LogP contribution in [0.5, 0.6) is 0 Å². The van der Waals surface area contributed by atoms with Gasteiger partial charge >= 0.3 is 61.6 Å². The fourth-order valence-corrected chi connectivity index (χ4v) is 10.3. The molecule has 7 N–H and O–H groups in total. The fourth-order valence-electron chi connectivity index (χ4n) is 10.3. The van der Waals surface area contributed by atoms with Gasteiger partial charge in [0.25, 0.3) is 0 Å². The van der Waals surface area contributed by atoms with Gasteiger partial charge in [-0.3, -0.25) is 9.59 Å². The second-order valence-corrected chi connectivity index (χ2v) is 22.7. The van der Waals surface area contributed by atoms with Gasteiger partial charge in [0, 0.05) is 12.8 Å². The van der Waals surface area contributed by atoms with E-state index < -0.39 is 78.5 Å². The van der Waals surface area contributed by atoms with Crippen molar-refractivity contribution in [3.05, 3.63) is 12.2 Å². The van der Waals surface area contributed by atoms with E-state index in [2.05, 4.69) is 32.9 Å². The minimum atomic E-state index is -2.52. The summed E-state index contributed by atoms with van der Waals surface area (Å²) in [5.74, 6) is -6.51. The van der Waals surface area contributed by atoms with E-state index in [1.807, 2.05) is 0 Å². The predicted octanol–water partition coefficient (Wildman–Crippen LogP) is 13.6. The van der Waals surface area contributed by atoms with Gasteiger partial charge in [0.15, 0.2) is 24.1 Å². The maximum atomic E-state index is 13.4. The number of ketones is 1. The monoisotopic (exact) mass is 1170 g/mol. The number of esters is 1. The van der Waals surface area contributed by atoms with Crippen LogP contribution in [-0.4, -0.2) is 159 Å². The van der Waals surface area contributed by atoms with E-state index in [1.54, 1.807) is 0 Å². The van der Waals surface area contributed by atoms with Crippen LogP contribution in [0.4, 0.5) is 0 Å². The van der Waals surface area contributed by atoms with Crippen LogP contribution >= 0.6 is 0 Å². The number of carbonyl (C=O) groups excluding carboxylic acids is 2. The van der Waals surface area contributed by atoms with Gasteiger partial charge in [-0.25, -0.2) is 14.4 Å². The first-order valence-electron chi connectivity index (χ1n) is 32.2. The Labute approximate surface area is 515 Å². The summed E-state index contributed by atoms with van der Waals surface area (Å²) in [7, 11) is 0. The van der Waals surface area contributed by atoms with Crippen LogP contribution in [0.25, 0.3) is 0 Å². The van der Waals surface area contributed by atoms with Gasteiger partial charge in [0.1, 0.15) is 18.3 Å². The number of allylic oxidation sites excluding steroid dienone is 2. The molecule has 1 fully saturated rings. The first kappa shape index (κ1) is 80.4. The standard InChI is InChI=1S/C40H74O9.C24H44O6.Ca.2H/c1-3-5-7-9-11-13-15-17-19-20-22-24-26-28-30-32-34(41)40(39(47)48,49-36(38(45)46)35(42)37(43)44)33-31-29-27-25-23-21-18-16-14-12-10-8-6-4-2;1-2-3-4-5-6-7-8-9-10-11-12-13-14-15-16-17-22(27)30-21(18-25)24-23(28)20(26)19-29-24;;;/h35-36,42H,3-33H2,1-2H3,(H,43,44)(H,45,46)(H,47,48);9-10,20-21,23-26,28H,2-8,11-19H2,1H3;;;/b;10-9-;;;/t;20-,21+,23+,24+;;;/m.0.../s1. The molecule has 7 atom stereocenters. The molecule has 0 aliphatic carbocycles. The number of hydrogen-bond donors (Lipinski definition) is 7. The SMILES string of the molecule is CCCCCCCC/C=C\CCCCCCCC(=O)O[C@H](CO)[C@H]1OC[C@H](O)[C@H]1O.CCCCCCCCCCCCCCCCCC(=O)C(CCCCCCCCCCCCCCCC)(OC(C(=O)O)C(O)C(=O)O)C(=O)O.[CaH2]. The molecule has 0 radical (unpaired) electrons. The predicted molar refractivity (Wildman–Crippen MR) is 323 cm³/mol. The molecule has 1 rings (SSSR count). The number of ether oxygens (including phenoxy) is 3. The normalized spacial score (nSPS) is 17.0. The maximum absolute atomic E-state index is 13.4. The Bertz CT molecular complexity index is 1510. The summed E-state index contributed by atoms with van der Waals surface area (Å²) in [5.41, 5.74) is -2.52. The van der Waals surface area contributed by atoms with E-state index in [9.17, 15) is 59.7 Å². The molecular formula is C64H120CaO15. The van der Waals surface area contributed by atoms with Crippen molar-refractivity contribution in [2.45, 2.75) is 352 Å². The van der Waals surface area contributed by atoms with E-state index in [-0.39, 0.29) is 57.2 Å². The Morgan fingerprint density at radius 3 is 1.19 bits per heavy atom. The van der Waals surface area contributed by atoms with Crippen LogP contribution in [0.1, 0.15) is 310 Å². The van der Waals surface area contributed by atoms with Gasteiger partial charge in [-0.15, -0.1) is 0 Å². The van der Waals surface area contributed by atoms with E-state index >= 15 is 0 Å². The zero-order valence-corrected chi connectivity index (χ0v) is 50.2. The Kier molecular flexibility index (Phi) is 56.7. The van der Waals surface area contributed by atoms with Crippen molar-refractivity contribution in [3.63, 3.8) is 0 Å². The van der Waals surface area contributed by atoms with Crippen molar-refractivity contribution in [3.8, 4) is 0 Å². The number of hydrogen-bond acceptors (Lipinski definition) is 12. The van der Waals surface area contributed by atoms with Crippen LogP contribution in [0, 0.1) is 0 Å². The Balaban J connectivity index is 0. The summed E-state index contributed by atoms with van der Waals surface area (Å²) >= 11 is 0. The van der Waals surface area contributed by atoms with Gasteiger partial charge in [0.05, 0.1) is 13.2 Å². The number of aliphatic hydroxyl groups excluding tert-OH is 4. The van der Waals surface area contributed by atoms with Gasteiger partial charge in [-0.1, -0.05) is 258 Å². The molecule has 0 saturated carbocycles. The first-order valence-corrected chi connectivity index (χ1v) is 32.2. The van der Waals surface area contributed by atoms with Crippen molar-refractivity contribution in [2.75, 3.05) is 13.2 Å². The van der Waals surface area contributed by atoms with Crippen molar-refractivity contribution in [1.29, 1.82) is 0 Å². The van der Waals surface area contributed by atoms with Crippen LogP contribution < -0.4 is 0 Å². The number of rotatable bonds is 56. The number of carboxylic acid groups (broad SMARTS) is 3. The molecule has 0 bridgehead atoms. The van der Waals surface area contributed by atoms with Gasteiger partial charge in [0.2, 0.25) is 5.60 Å². The van der Waals surface area contributed by atoms with Crippen molar-refractivity contribution >= 4 is 67.4 Å². The molecule has 1 heterocycles. The molecule has 16 heteroatoms. The number of carbonyl (C=O) groups is 5. The number of aliphatic carboxylic acids is 3. The number of unbranched alkanes of at least 4 members (excludes halogenated alkanes) is 38. The quantitative estimate of drug-likeness (QED) is 0.00983. The summed E-state index contributed by atoms with van der Waals surface area (Å²) in [6.45, 7) is 6.25. The topological polar surface area (TPSA) is 255 Å². The molecule has 468 valence electrons. The fraction of sp³-hybridized carbons (Fsp3) is 0.891. The summed E-state index contributed by atoms with van der Waals surface area (Å²) in [5, 5.41) is 67.7. The van der Waals surface area contributed by atoms with Gasteiger partial charge in [-0.2, -0.15) is 0 Å². The molecule has 0 aromatic heterocycles. The van der Waals surface area contributed by atoms with Crippen LogP contribution in [0.2, 0.25) is 0 Å². The average molecular weight is 1170 g/mol. The third-order valence-corrected chi connectivity index (χ3v) is 15.5. The van der Waals surface area contributed by atoms with Gasteiger partial charge in [-0.05, 0) is 51.4 Å². The minimum absolute atomic E-state index is 0. The van der Waals surface area contributed by atoms with Crippen molar-refractivity contribution in [1.82, 2.24) is 0 Å². The Hall–Kier alpha value is -1.69. The molecular weight excluding hydrogens is 1050 g/mol. The average Bonchev–Trinajstić information content (AvgIpc) is 3.76. The zero-order chi connectivity index (χ0) is 58.6. The van der Waals surface area contributed by atoms with E-state index in [4.69, 9.17) is 14.2 Å². The number of Topliss-reactive ketones (excluding diaryl/α,β-unsaturated/α-hetero) is 1. The summed E-state index contributed by atoms with van der Waals surface area (Å²) < 4.78 is 15.8. The molecule has 0 amide bonds. The first-order chi connectivity index (χ1) is 38.2. The molecule has 80 heavy (non-hydrogen) atoms. The molecule has 3 unspecified atom stereocenters. The van der Waals surface area contributed by atoms with E-state index in [1.165, 1.54) is 167 Å². The van der Waals surface area contributed by atoms with E-state index in [0.29, 0.717) is 25.7 Å². The van der Waals surface area contributed by atoms with Crippen molar-refractivity contribution in [2.24, 2.45) is 0 Å². The molecule has 1 aliphatic rings. The Morgan fingerprint density at radius 2 is 0.863 bits per heavy atom. The van der Waals surface area contributed by atoms with Crippen LogP contribution in [0.3, 0.4) is 0 Å². The molecule has 0 spiro atoms. The summed E-state index contributed by atoms with van der Waals surface area (Å²) in [4.78, 5) is 61.1. The molecule has 1 aliphatic heterocycles. The third-order valence-electron chi connectivity index (χ3n) is 15.5. The Morgan fingerprint density at radius 1 is 0.512 bits per heavy atom. The van der Waals surface area contributed by atoms with Crippen LogP contribution in [-0.2, 0) is 38.2 Å². The third kappa shape index (κ3) is 42.2. The molecule has 1 saturated heterocycles. The second-order valence-electron chi connectivity index (χ2n) is 22.7. The van der Waals surface area contributed by atoms with Crippen LogP contribution in [0.15, 0.2) is 12.2 Å². The number of carboxylic acids is 3.